The predicted molar refractivity (Wildman–Crippen MR) is 112 cm³/mol. The van der Waals surface area contributed by atoms with Crippen LogP contribution in [0.15, 0.2) is 51.1 Å². The number of phenols is 1. The van der Waals surface area contributed by atoms with Crippen LogP contribution in [0.4, 0.5) is 9.52 Å². The van der Waals surface area contributed by atoms with E-state index in [0.29, 0.717) is 22.1 Å². The summed E-state index contributed by atoms with van der Waals surface area (Å²) in [7, 11) is 0. The van der Waals surface area contributed by atoms with Gasteiger partial charge in [-0.1, -0.05) is 23.7 Å². The molecule has 8 nitrogen and oxygen atoms in total. The zero-order chi connectivity index (χ0) is 22.1. The number of Topliss-reactive ketones (excluding diaryl/α,β-unsaturated/α-hetero) is 1. The highest BCUT2D eigenvalue weighted by Gasteiger charge is 2.28. The lowest BCUT2D eigenvalue weighted by Gasteiger charge is -2.08. The minimum absolute atomic E-state index is 0.0472. The van der Waals surface area contributed by atoms with Crippen molar-refractivity contribution in [2.45, 2.75) is 13.5 Å². The predicted octanol–water partition coefficient (Wildman–Crippen LogP) is 3.68. The molecule has 158 valence electrons. The molecule has 11 heteroatoms. The molecule has 0 unspecified atom stereocenters. The molecule has 2 aromatic heterocycles. The van der Waals surface area contributed by atoms with Crippen LogP contribution in [0.2, 0.25) is 5.02 Å². The summed E-state index contributed by atoms with van der Waals surface area (Å²) >= 11 is 6.95. The molecule has 0 bridgehead atoms. The zero-order valence-electron chi connectivity index (χ0n) is 16.0. The minimum atomic E-state index is -0.681. The molecule has 0 aliphatic carbocycles. The number of carbonyl (C=O) groups is 1. The smallest absolute Gasteiger partial charge is 0.437 e. The number of hydrogen-bond acceptors (Lipinski definition) is 7. The van der Waals surface area contributed by atoms with E-state index in [9.17, 15) is 19.1 Å². The number of aromatic nitrogens is 3. The summed E-state index contributed by atoms with van der Waals surface area (Å²) in [4.78, 5) is 28.2. The number of anilines is 1. The Hall–Kier alpha value is -3.50. The van der Waals surface area contributed by atoms with Crippen molar-refractivity contribution in [1.82, 2.24) is 10.3 Å². The highest BCUT2D eigenvalue weighted by Crippen LogP contribution is 2.26. The highest BCUT2D eigenvalue weighted by molar-refractivity contribution is 7.14. The second-order valence-electron chi connectivity index (χ2n) is 6.52. The molecule has 0 radical (unpaired) electrons. The van der Waals surface area contributed by atoms with Crippen LogP contribution in [0, 0.1) is 5.82 Å². The van der Waals surface area contributed by atoms with Gasteiger partial charge in [0.15, 0.2) is 16.6 Å². The van der Waals surface area contributed by atoms with Crippen LogP contribution < -0.4 is 15.6 Å². The summed E-state index contributed by atoms with van der Waals surface area (Å²) in [5.41, 5.74) is 0.764. The Morgan fingerprint density at radius 2 is 2.19 bits per heavy atom. The van der Waals surface area contributed by atoms with Gasteiger partial charge in [-0.05, 0) is 29.0 Å². The fourth-order valence-corrected chi connectivity index (χ4v) is 3.76. The maximum Gasteiger partial charge on any atom is 0.437 e. The van der Waals surface area contributed by atoms with Crippen molar-refractivity contribution in [2.24, 2.45) is 0 Å². The summed E-state index contributed by atoms with van der Waals surface area (Å²) in [6, 6.07) is 8.97. The third-order valence-corrected chi connectivity index (χ3v) is 5.59. The summed E-state index contributed by atoms with van der Waals surface area (Å²) in [6.07, 6.45) is 0. The third kappa shape index (κ3) is 4.07. The molecule has 3 N–H and O–H groups in total. The Kier molecular flexibility index (Phi) is 5.57. The minimum Gasteiger partial charge on any atom is -0.507 e. The molecule has 31 heavy (non-hydrogen) atoms. The van der Waals surface area contributed by atoms with E-state index in [1.807, 2.05) is 0 Å². The van der Waals surface area contributed by atoms with E-state index < -0.39 is 11.4 Å². The van der Waals surface area contributed by atoms with Crippen LogP contribution in [0.25, 0.3) is 17.1 Å². The first-order valence-electron chi connectivity index (χ1n) is 8.95. The number of nitrogens with zero attached hydrogens (tertiary/aromatic N) is 2. The molecule has 0 spiro atoms. The second-order valence-corrected chi connectivity index (χ2v) is 7.79. The van der Waals surface area contributed by atoms with Crippen LogP contribution in [-0.4, -0.2) is 21.1 Å². The number of thiazole rings is 1. The fraction of sp³-hybridized carbons (Fsp3) is 0.100. The molecule has 0 amide bonds. The largest absolute Gasteiger partial charge is 0.507 e. The van der Waals surface area contributed by atoms with E-state index in [2.05, 4.69) is 15.6 Å². The topological polar surface area (TPSA) is 112 Å². The maximum absolute atomic E-state index is 13.8. The molecule has 0 atom stereocenters. The lowest BCUT2D eigenvalue weighted by Crippen LogP contribution is -2.36. The monoisotopic (exact) mass is 461 g/mol. The number of carbonyl (C=O) groups excluding carboxylic acids is 1. The number of ketones is 1. The molecule has 0 aliphatic rings. The number of hydrogen-bond donors (Lipinski definition) is 3. The van der Waals surface area contributed by atoms with Crippen molar-refractivity contribution < 1.29 is 23.5 Å². The van der Waals surface area contributed by atoms with Crippen LogP contribution in [0.3, 0.4) is 0 Å². The van der Waals surface area contributed by atoms with Crippen LogP contribution in [-0.2, 0) is 6.54 Å². The Morgan fingerprint density at radius 3 is 2.94 bits per heavy atom. The van der Waals surface area contributed by atoms with E-state index >= 15 is 0 Å². The van der Waals surface area contributed by atoms with Gasteiger partial charge in [0.1, 0.15) is 11.6 Å². The number of nitrogens with one attached hydrogen (secondary N) is 2. The third-order valence-electron chi connectivity index (χ3n) is 4.48. The van der Waals surface area contributed by atoms with E-state index in [1.54, 1.807) is 23.6 Å². The molecular weight excluding hydrogens is 447 g/mol. The van der Waals surface area contributed by atoms with Crippen molar-refractivity contribution >= 4 is 33.9 Å². The normalized spacial score (nSPS) is 10.9. The molecule has 0 fully saturated rings. The van der Waals surface area contributed by atoms with Crippen molar-refractivity contribution in [2.75, 3.05) is 5.32 Å². The average molecular weight is 462 g/mol. The number of rotatable bonds is 6. The first kappa shape index (κ1) is 20.8. The molecule has 0 saturated carbocycles. The number of halogens is 2. The van der Waals surface area contributed by atoms with Crippen molar-refractivity contribution in [3.63, 3.8) is 0 Å². The molecule has 0 saturated heterocycles. The Labute approximate surface area is 183 Å². The Balaban J connectivity index is 1.60. The Morgan fingerprint density at radius 1 is 1.39 bits per heavy atom. The van der Waals surface area contributed by atoms with Crippen LogP contribution >= 0.6 is 22.9 Å². The summed E-state index contributed by atoms with van der Waals surface area (Å²) < 4.78 is 20.0. The van der Waals surface area contributed by atoms with Gasteiger partial charge in [-0.2, -0.15) is 0 Å². The molecular formula is C20H15ClFN4O4S+. The van der Waals surface area contributed by atoms with Gasteiger partial charge >= 0.3 is 11.3 Å². The maximum atomic E-state index is 13.8. The van der Waals surface area contributed by atoms with Crippen LogP contribution in [0.1, 0.15) is 22.8 Å². The molecule has 2 aromatic carbocycles. The van der Waals surface area contributed by atoms with Gasteiger partial charge in [-0.3, -0.25) is 9.32 Å². The standard InChI is InChI=1S/C20H14ClFN4O4S/c1-10(27)13-4-2-3-11(18(13)28)8-23-20-24-16(9-31-20)17-19(29)30-25-26(17)12-5-6-14(21)15(22)7-12/h2-7,9H,8H2,1H3,(H2-,23,24,25,27,28,29)/p+1. The first-order chi connectivity index (χ1) is 14.8. The van der Waals surface area contributed by atoms with Crippen molar-refractivity contribution in [3.8, 4) is 22.8 Å². The van der Waals surface area contributed by atoms with Crippen molar-refractivity contribution in [3.05, 3.63) is 74.2 Å². The van der Waals surface area contributed by atoms with Crippen LogP contribution in [0.5, 0.6) is 5.75 Å². The lowest BCUT2D eigenvalue weighted by molar-refractivity contribution is -0.660. The quantitative estimate of drug-likeness (QED) is 0.298. The van der Waals surface area contributed by atoms with E-state index in [4.69, 9.17) is 16.1 Å². The molecule has 0 aliphatic heterocycles. The van der Waals surface area contributed by atoms with Gasteiger partial charge in [0.05, 0.1) is 16.7 Å². The SMILES string of the molecule is CC(=O)c1cccc(CNc2nc(-c3c(=O)o[nH][n+]3-c3ccc(Cl)c(F)c3)cs2)c1O. The summed E-state index contributed by atoms with van der Waals surface area (Å²) in [5, 5.41) is 17.8. The highest BCUT2D eigenvalue weighted by atomic mass is 35.5. The van der Waals surface area contributed by atoms with E-state index in [-0.39, 0.29) is 34.4 Å². The zero-order valence-corrected chi connectivity index (χ0v) is 17.6. The summed E-state index contributed by atoms with van der Waals surface area (Å²) in [6.45, 7) is 1.59. The van der Waals surface area contributed by atoms with E-state index in [0.717, 1.165) is 6.07 Å². The number of aromatic hydroxyl groups is 1. The summed E-state index contributed by atoms with van der Waals surface area (Å²) in [5.74, 6) is -0.973. The number of aromatic amines is 1. The fourth-order valence-electron chi connectivity index (χ4n) is 2.95. The number of para-hydroxylation sites is 1. The van der Waals surface area contributed by atoms with E-state index in [1.165, 1.54) is 35.1 Å². The molecule has 2 heterocycles. The lowest BCUT2D eigenvalue weighted by atomic mass is 10.1. The van der Waals surface area contributed by atoms with Gasteiger partial charge in [0.25, 0.3) is 0 Å². The second kappa shape index (κ2) is 8.32. The van der Waals surface area contributed by atoms with Gasteiger partial charge in [-0.15, -0.1) is 11.3 Å². The number of H-pyrrole nitrogens is 1. The van der Waals surface area contributed by atoms with Crippen molar-refractivity contribution in [1.29, 1.82) is 0 Å². The first-order valence-corrected chi connectivity index (χ1v) is 10.2. The molecule has 4 aromatic rings. The van der Waals surface area contributed by atoms with Gasteiger partial charge in [0, 0.05) is 23.6 Å². The van der Waals surface area contributed by atoms with Gasteiger partial charge in [0.2, 0.25) is 5.69 Å². The number of benzene rings is 2. The Bertz CT molecular complexity index is 1350. The number of phenolic OH excluding ortho intramolecular Hbond substituents is 1. The van der Waals surface area contributed by atoms with Gasteiger partial charge in [-0.25, -0.2) is 14.2 Å². The van der Waals surface area contributed by atoms with Gasteiger partial charge < -0.3 is 10.4 Å². The molecule has 4 rings (SSSR count). The average Bonchev–Trinajstić information content (AvgIpc) is 3.35.